The minimum Gasteiger partial charge on any atom is -0.504 e. The van der Waals surface area contributed by atoms with Crippen LogP contribution in [0.5, 0.6) is 11.5 Å². The van der Waals surface area contributed by atoms with Gasteiger partial charge in [-0.05, 0) is 44.4 Å². The van der Waals surface area contributed by atoms with Gasteiger partial charge in [-0.25, -0.2) is 9.59 Å². The van der Waals surface area contributed by atoms with Gasteiger partial charge in [0.25, 0.3) is 0 Å². The van der Waals surface area contributed by atoms with Crippen molar-refractivity contribution in [1.82, 2.24) is 5.32 Å². The van der Waals surface area contributed by atoms with Gasteiger partial charge in [-0.15, -0.1) is 0 Å². The molecule has 0 fully saturated rings. The maximum absolute atomic E-state index is 11.8. The lowest BCUT2D eigenvalue weighted by Gasteiger charge is -2.22. The highest BCUT2D eigenvalue weighted by molar-refractivity contribution is 5.80. The van der Waals surface area contributed by atoms with Gasteiger partial charge in [0.1, 0.15) is 11.6 Å². The molecule has 1 unspecified atom stereocenters. The largest absolute Gasteiger partial charge is 0.504 e. The maximum atomic E-state index is 11.8. The van der Waals surface area contributed by atoms with Crippen molar-refractivity contribution in [3.8, 4) is 11.5 Å². The van der Waals surface area contributed by atoms with Crippen molar-refractivity contribution >= 4 is 12.1 Å². The lowest BCUT2D eigenvalue weighted by atomic mass is 10.1. The third-order valence-electron chi connectivity index (χ3n) is 3.02. The summed E-state index contributed by atoms with van der Waals surface area (Å²) in [5, 5.41) is 21.6. The fourth-order valence-electron chi connectivity index (χ4n) is 1.95. The third-order valence-corrected chi connectivity index (χ3v) is 3.02. The van der Waals surface area contributed by atoms with Gasteiger partial charge >= 0.3 is 12.1 Å². The Bertz CT molecular complexity index is 606. The monoisotopic (exact) mass is 353 g/mol. The number of hydrogen-bond acceptors (Lipinski definition) is 5. The summed E-state index contributed by atoms with van der Waals surface area (Å²) in [6.07, 6.45) is -0.798. The zero-order valence-electron chi connectivity index (χ0n) is 15.3. The van der Waals surface area contributed by atoms with Crippen molar-refractivity contribution in [1.29, 1.82) is 0 Å². The second-order valence-corrected chi connectivity index (χ2v) is 7.25. The van der Waals surface area contributed by atoms with Crippen LogP contribution >= 0.6 is 0 Å². The highest BCUT2D eigenvalue weighted by Gasteiger charge is 2.24. The van der Waals surface area contributed by atoms with E-state index in [4.69, 9.17) is 9.47 Å². The lowest BCUT2D eigenvalue weighted by molar-refractivity contribution is -0.139. The Labute approximate surface area is 147 Å². The second kappa shape index (κ2) is 8.60. The number of rotatable bonds is 7. The standard InChI is InChI=1S/C18H27NO6/c1-11(2)10-24-15-7-6-12(9-14(15)20)8-13(16(21)22)19-17(23)25-18(3,4)5/h6-7,9,11,13,20H,8,10H2,1-5H3,(H,19,23)(H,21,22). The summed E-state index contributed by atoms with van der Waals surface area (Å²) < 4.78 is 10.5. The number of ether oxygens (including phenoxy) is 2. The molecular weight excluding hydrogens is 326 g/mol. The average molecular weight is 353 g/mol. The molecule has 0 radical (unpaired) electrons. The van der Waals surface area contributed by atoms with Crippen molar-refractivity contribution in [2.45, 2.75) is 52.7 Å². The minimum atomic E-state index is -1.19. The number of amides is 1. The molecule has 140 valence electrons. The lowest BCUT2D eigenvalue weighted by Crippen LogP contribution is -2.44. The predicted octanol–water partition coefficient (Wildman–Crippen LogP) is 2.95. The van der Waals surface area contributed by atoms with Gasteiger partial charge in [-0.3, -0.25) is 0 Å². The van der Waals surface area contributed by atoms with Crippen LogP contribution in [-0.4, -0.2) is 40.5 Å². The van der Waals surface area contributed by atoms with Gasteiger partial charge in [0.15, 0.2) is 11.5 Å². The van der Waals surface area contributed by atoms with Crippen LogP contribution in [0.3, 0.4) is 0 Å². The van der Waals surface area contributed by atoms with E-state index in [9.17, 15) is 19.8 Å². The molecule has 7 heteroatoms. The molecule has 0 spiro atoms. The molecule has 0 aliphatic carbocycles. The molecule has 7 nitrogen and oxygen atoms in total. The summed E-state index contributed by atoms with van der Waals surface area (Å²) in [5.41, 5.74) is -0.168. The number of carboxylic acid groups (broad SMARTS) is 1. The van der Waals surface area contributed by atoms with Gasteiger partial charge in [-0.2, -0.15) is 0 Å². The molecule has 1 aromatic carbocycles. The molecule has 3 N–H and O–H groups in total. The molecule has 0 aliphatic rings. The molecule has 1 atom stereocenters. The zero-order chi connectivity index (χ0) is 19.2. The van der Waals surface area contributed by atoms with Crippen LogP contribution in [0.25, 0.3) is 0 Å². The van der Waals surface area contributed by atoms with E-state index < -0.39 is 23.7 Å². The topological polar surface area (TPSA) is 105 Å². The number of phenolic OH excluding ortho intramolecular Hbond substituents is 1. The smallest absolute Gasteiger partial charge is 0.408 e. The first-order valence-corrected chi connectivity index (χ1v) is 8.15. The molecule has 1 aromatic rings. The number of carbonyl (C=O) groups excluding carboxylic acids is 1. The molecule has 0 heterocycles. The van der Waals surface area contributed by atoms with E-state index in [0.717, 1.165) is 0 Å². The first kappa shape index (κ1) is 20.6. The van der Waals surface area contributed by atoms with E-state index in [2.05, 4.69) is 5.32 Å². The number of benzene rings is 1. The molecule has 1 amide bonds. The molecule has 0 aliphatic heterocycles. The van der Waals surface area contributed by atoms with E-state index in [1.807, 2.05) is 13.8 Å². The molecule has 1 rings (SSSR count). The Morgan fingerprint density at radius 2 is 1.88 bits per heavy atom. The van der Waals surface area contributed by atoms with E-state index in [1.54, 1.807) is 32.9 Å². The summed E-state index contributed by atoms with van der Waals surface area (Å²) in [5.74, 6) is -0.608. The third kappa shape index (κ3) is 7.78. The summed E-state index contributed by atoms with van der Waals surface area (Å²) in [6.45, 7) is 9.52. The highest BCUT2D eigenvalue weighted by atomic mass is 16.6. The number of phenols is 1. The number of alkyl carbamates (subject to hydrolysis) is 1. The fourth-order valence-corrected chi connectivity index (χ4v) is 1.95. The SMILES string of the molecule is CC(C)COc1ccc(CC(NC(=O)OC(C)(C)C)C(=O)O)cc1O. The highest BCUT2D eigenvalue weighted by Crippen LogP contribution is 2.27. The summed E-state index contributed by atoms with van der Waals surface area (Å²) in [6, 6.07) is 3.50. The Balaban J connectivity index is 2.77. The van der Waals surface area contributed by atoms with Crippen molar-refractivity contribution < 1.29 is 29.3 Å². The number of aliphatic carboxylic acids is 1. The Kier molecular flexibility index (Phi) is 7.09. The van der Waals surface area contributed by atoms with E-state index in [0.29, 0.717) is 23.8 Å². The van der Waals surface area contributed by atoms with Gasteiger partial charge in [-0.1, -0.05) is 19.9 Å². The molecular formula is C18H27NO6. The Morgan fingerprint density at radius 3 is 2.36 bits per heavy atom. The summed E-state index contributed by atoms with van der Waals surface area (Å²) in [4.78, 5) is 23.1. The zero-order valence-corrected chi connectivity index (χ0v) is 15.3. The van der Waals surface area contributed by atoms with Crippen molar-refractivity contribution in [2.75, 3.05) is 6.61 Å². The first-order valence-electron chi connectivity index (χ1n) is 8.15. The minimum absolute atomic E-state index is 0.00654. The maximum Gasteiger partial charge on any atom is 0.408 e. The van der Waals surface area contributed by atoms with Gasteiger partial charge in [0.2, 0.25) is 0 Å². The number of carbonyl (C=O) groups is 2. The molecule has 0 aromatic heterocycles. The number of nitrogens with one attached hydrogen (secondary N) is 1. The van der Waals surface area contributed by atoms with Crippen molar-refractivity contribution in [3.63, 3.8) is 0 Å². The van der Waals surface area contributed by atoms with Crippen LogP contribution < -0.4 is 10.1 Å². The van der Waals surface area contributed by atoms with Crippen LogP contribution in [0.2, 0.25) is 0 Å². The number of carboxylic acids is 1. The van der Waals surface area contributed by atoms with Crippen LogP contribution in [0.1, 0.15) is 40.2 Å². The van der Waals surface area contributed by atoms with Crippen molar-refractivity contribution in [3.05, 3.63) is 23.8 Å². The Morgan fingerprint density at radius 1 is 1.24 bits per heavy atom. The van der Waals surface area contributed by atoms with Gasteiger partial charge < -0.3 is 25.0 Å². The van der Waals surface area contributed by atoms with Crippen LogP contribution in [0.15, 0.2) is 18.2 Å². The van der Waals surface area contributed by atoms with Gasteiger partial charge in [0, 0.05) is 6.42 Å². The first-order chi connectivity index (χ1) is 11.5. The fraction of sp³-hybridized carbons (Fsp3) is 0.556. The Hall–Kier alpha value is -2.44. The average Bonchev–Trinajstić information content (AvgIpc) is 2.43. The molecule has 0 saturated carbocycles. The predicted molar refractivity (Wildman–Crippen MR) is 92.9 cm³/mol. The second-order valence-electron chi connectivity index (χ2n) is 7.25. The quantitative estimate of drug-likeness (QED) is 0.696. The van der Waals surface area contributed by atoms with Gasteiger partial charge in [0.05, 0.1) is 6.61 Å². The van der Waals surface area contributed by atoms with Crippen LogP contribution in [-0.2, 0) is 16.0 Å². The summed E-state index contributed by atoms with van der Waals surface area (Å²) in [7, 11) is 0. The molecule has 0 bridgehead atoms. The van der Waals surface area contributed by atoms with E-state index in [1.165, 1.54) is 6.07 Å². The molecule has 0 saturated heterocycles. The normalized spacial score (nSPS) is 12.6. The van der Waals surface area contributed by atoms with Crippen molar-refractivity contribution in [2.24, 2.45) is 5.92 Å². The summed E-state index contributed by atoms with van der Waals surface area (Å²) >= 11 is 0. The van der Waals surface area contributed by atoms with E-state index >= 15 is 0 Å². The number of aromatic hydroxyl groups is 1. The van der Waals surface area contributed by atoms with E-state index in [-0.39, 0.29) is 12.2 Å². The van der Waals surface area contributed by atoms with Crippen LogP contribution in [0, 0.1) is 5.92 Å². The molecule has 25 heavy (non-hydrogen) atoms. The number of hydrogen-bond donors (Lipinski definition) is 3. The van der Waals surface area contributed by atoms with Crippen LogP contribution in [0.4, 0.5) is 4.79 Å².